The smallest absolute Gasteiger partial charge is 0.254 e. The van der Waals surface area contributed by atoms with Crippen LogP contribution in [0.4, 0.5) is 0 Å². The molecule has 1 aliphatic heterocycles. The number of hydrogen-bond acceptors (Lipinski definition) is 2. The Morgan fingerprint density at radius 2 is 1.71 bits per heavy atom. The highest BCUT2D eigenvalue weighted by molar-refractivity contribution is 6.31. The lowest BCUT2D eigenvalue weighted by atomic mass is 10.1. The Hall–Kier alpha value is -1.81. The second-order valence-corrected chi connectivity index (χ2v) is 6.93. The summed E-state index contributed by atoms with van der Waals surface area (Å²) in [4.78, 5) is 29.1. The molecule has 0 atom stereocenters. The van der Waals surface area contributed by atoms with E-state index in [0.29, 0.717) is 30.2 Å². The molecular formula is C19H23ClN2O2. The normalized spacial score (nSPS) is 18.8. The highest BCUT2D eigenvalue weighted by Gasteiger charge is 2.28. The highest BCUT2D eigenvalue weighted by atomic mass is 35.5. The molecule has 1 aliphatic carbocycles. The lowest BCUT2D eigenvalue weighted by molar-refractivity contribution is -0.135. The fraction of sp³-hybridized carbons (Fsp3) is 0.474. The number of allylic oxidation sites excluding steroid dienone is 2. The van der Waals surface area contributed by atoms with E-state index >= 15 is 0 Å². The first-order valence-corrected chi connectivity index (χ1v) is 8.94. The lowest BCUT2D eigenvalue weighted by Gasteiger charge is -2.25. The van der Waals surface area contributed by atoms with Crippen molar-refractivity contribution in [2.75, 3.05) is 26.2 Å². The SMILES string of the molecule is Cc1c(Cl)cccc1C(=O)N1CCCN(C(=O)C2CC=CC2)CC1. The fourth-order valence-electron chi connectivity index (χ4n) is 3.43. The highest BCUT2D eigenvalue weighted by Crippen LogP contribution is 2.23. The largest absolute Gasteiger partial charge is 0.341 e. The third kappa shape index (κ3) is 3.48. The van der Waals surface area contributed by atoms with Gasteiger partial charge < -0.3 is 9.80 Å². The fourth-order valence-corrected chi connectivity index (χ4v) is 3.60. The summed E-state index contributed by atoms with van der Waals surface area (Å²) in [6.07, 6.45) is 6.67. The number of amides is 2. The topological polar surface area (TPSA) is 40.6 Å². The molecule has 1 saturated heterocycles. The van der Waals surface area contributed by atoms with Gasteiger partial charge in [0.05, 0.1) is 0 Å². The predicted octanol–water partition coefficient (Wildman–Crippen LogP) is 3.29. The summed E-state index contributed by atoms with van der Waals surface area (Å²) >= 11 is 6.14. The van der Waals surface area contributed by atoms with Crippen LogP contribution in [0, 0.1) is 12.8 Å². The molecule has 0 spiro atoms. The maximum Gasteiger partial charge on any atom is 0.254 e. The van der Waals surface area contributed by atoms with Crippen molar-refractivity contribution in [1.29, 1.82) is 0 Å². The number of rotatable bonds is 2. The van der Waals surface area contributed by atoms with E-state index in [1.165, 1.54) is 0 Å². The number of carbonyl (C=O) groups excluding carboxylic acids is 2. The van der Waals surface area contributed by atoms with E-state index in [0.717, 1.165) is 31.4 Å². The van der Waals surface area contributed by atoms with Gasteiger partial charge in [-0.15, -0.1) is 0 Å². The predicted molar refractivity (Wildman–Crippen MR) is 95.2 cm³/mol. The van der Waals surface area contributed by atoms with E-state index in [-0.39, 0.29) is 17.7 Å². The molecule has 2 aliphatic rings. The van der Waals surface area contributed by atoms with Gasteiger partial charge in [0.1, 0.15) is 0 Å². The van der Waals surface area contributed by atoms with Gasteiger partial charge in [-0.05, 0) is 43.9 Å². The van der Waals surface area contributed by atoms with Crippen LogP contribution in [0.15, 0.2) is 30.4 Å². The first-order chi connectivity index (χ1) is 11.6. The molecule has 24 heavy (non-hydrogen) atoms. The molecule has 3 rings (SSSR count). The van der Waals surface area contributed by atoms with Gasteiger partial charge in [-0.3, -0.25) is 9.59 Å². The maximum atomic E-state index is 12.8. The van der Waals surface area contributed by atoms with Gasteiger partial charge in [-0.2, -0.15) is 0 Å². The monoisotopic (exact) mass is 346 g/mol. The van der Waals surface area contributed by atoms with E-state index in [4.69, 9.17) is 11.6 Å². The molecule has 0 bridgehead atoms. The molecular weight excluding hydrogens is 324 g/mol. The van der Waals surface area contributed by atoms with Crippen molar-refractivity contribution in [1.82, 2.24) is 9.80 Å². The minimum atomic E-state index is 0.00633. The van der Waals surface area contributed by atoms with Gasteiger partial charge in [0.2, 0.25) is 5.91 Å². The summed E-state index contributed by atoms with van der Waals surface area (Å²) < 4.78 is 0. The van der Waals surface area contributed by atoms with Gasteiger partial charge >= 0.3 is 0 Å². The zero-order valence-electron chi connectivity index (χ0n) is 14.0. The molecule has 0 N–H and O–H groups in total. The van der Waals surface area contributed by atoms with E-state index < -0.39 is 0 Å². The Morgan fingerprint density at radius 3 is 2.46 bits per heavy atom. The average Bonchev–Trinajstić information content (AvgIpc) is 3.01. The number of hydrogen-bond donors (Lipinski definition) is 0. The van der Waals surface area contributed by atoms with Crippen LogP contribution in [0.5, 0.6) is 0 Å². The van der Waals surface area contributed by atoms with Gasteiger partial charge in [0, 0.05) is 42.7 Å². The first-order valence-electron chi connectivity index (χ1n) is 8.56. The summed E-state index contributed by atoms with van der Waals surface area (Å²) in [6, 6.07) is 5.43. The Kier molecular flexibility index (Phi) is 5.24. The van der Waals surface area contributed by atoms with Crippen molar-refractivity contribution in [3.8, 4) is 0 Å². The molecule has 128 valence electrons. The van der Waals surface area contributed by atoms with Gasteiger partial charge in [-0.1, -0.05) is 29.8 Å². The summed E-state index contributed by atoms with van der Waals surface area (Å²) in [5, 5.41) is 0.612. The van der Waals surface area contributed by atoms with E-state index in [2.05, 4.69) is 12.2 Å². The third-order valence-corrected chi connectivity index (χ3v) is 5.36. The Morgan fingerprint density at radius 1 is 1.04 bits per heavy atom. The Labute approximate surface area is 148 Å². The number of carbonyl (C=O) groups is 2. The van der Waals surface area contributed by atoms with Crippen LogP contribution < -0.4 is 0 Å². The molecule has 5 heteroatoms. The van der Waals surface area contributed by atoms with Crippen LogP contribution in [0.3, 0.4) is 0 Å². The van der Waals surface area contributed by atoms with Crippen LogP contribution >= 0.6 is 11.6 Å². The zero-order valence-corrected chi connectivity index (χ0v) is 14.8. The maximum absolute atomic E-state index is 12.8. The average molecular weight is 347 g/mol. The number of halogens is 1. The van der Waals surface area contributed by atoms with Crippen LogP contribution in [-0.2, 0) is 4.79 Å². The zero-order chi connectivity index (χ0) is 17.1. The number of benzene rings is 1. The Bertz CT molecular complexity index is 663. The van der Waals surface area contributed by atoms with Gasteiger partial charge in [-0.25, -0.2) is 0 Å². The Balaban J connectivity index is 1.65. The van der Waals surface area contributed by atoms with Crippen LogP contribution in [-0.4, -0.2) is 47.8 Å². The quantitative estimate of drug-likeness (QED) is 0.771. The van der Waals surface area contributed by atoms with Crippen molar-refractivity contribution < 1.29 is 9.59 Å². The summed E-state index contributed by atoms with van der Waals surface area (Å²) in [5.74, 6) is 0.336. The second kappa shape index (κ2) is 7.39. The van der Waals surface area contributed by atoms with E-state index in [1.807, 2.05) is 28.9 Å². The lowest BCUT2D eigenvalue weighted by Crippen LogP contribution is -2.39. The van der Waals surface area contributed by atoms with E-state index in [9.17, 15) is 9.59 Å². The molecule has 0 aromatic heterocycles. The first kappa shape index (κ1) is 17.0. The standard InChI is InChI=1S/C19H23ClN2O2/c1-14-16(8-4-9-17(14)20)19(24)22-11-5-10-21(12-13-22)18(23)15-6-2-3-7-15/h2-4,8-9,15H,5-7,10-13H2,1H3. The molecule has 4 nitrogen and oxygen atoms in total. The van der Waals surface area contributed by atoms with Crippen molar-refractivity contribution in [2.24, 2.45) is 5.92 Å². The molecule has 1 fully saturated rings. The molecule has 0 unspecified atom stereocenters. The summed E-state index contributed by atoms with van der Waals surface area (Å²) in [7, 11) is 0. The molecule has 0 radical (unpaired) electrons. The molecule has 1 heterocycles. The van der Waals surface area contributed by atoms with Crippen molar-refractivity contribution >= 4 is 23.4 Å². The van der Waals surface area contributed by atoms with Crippen LogP contribution in [0.25, 0.3) is 0 Å². The minimum absolute atomic E-state index is 0.00633. The number of nitrogens with zero attached hydrogens (tertiary/aromatic N) is 2. The summed E-state index contributed by atoms with van der Waals surface area (Å²) in [6.45, 7) is 4.47. The molecule has 1 aromatic carbocycles. The van der Waals surface area contributed by atoms with Gasteiger partial charge in [0.15, 0.2) is 0 Å². The second-order valence-electron chi connectivity index (χ2n) is 6.52. The van der Waals surface area contributed by atoms with Crippen molar-refractivity contribution in [3.05, 3.63) is 46.5 Å². The third-order valence-electron chi connectivity index (χ3n) is 4.95. The van der Waals surface area contributed by atoms with Gasteiger partial charge in [0.25, 0.3) is 5.91 Å². The summed E-state index contributed by atoms with van der Waals surface area (Å²) in [5.41, 5.74) is 1.47. The minimum Gasteiger partial charge on any atom is -0.341 e. The molecule has 0 saturated carbocycles. The van der Waals surface area contributed by atoms with Crippen LogP contribution in [0.1, 0.15) is 35.2 Å². The van der Waals surface area contributed by atoms with Crippen molar-refractivity contribution in [3.63, 3.8) is 0 Å². The molecule has 1 aromatic rings. The molecule has 2 amide bonds. The van der Waals surface area contributed by atoms with Crippen LogP contribution in [0.2, 0.25) is 5.02 Å². The van der Waals surface area contributed by atoms with E-state index in [1.54, 1.807) is 6.07 Å². The van der Waals surface area contributed by atoms with Crippen molar-refractivity contribution in [2.45, 2.75) is 26.2 Å².